The fourth-order valence-corrected chi connectivity index (χ4v) is 3.37. The number of aryl methyl sites for hydroxylation is 2. The quantitative estimate of drug-likeness (QED) is 0.438. The van der Waals surface area contributed by atoms with Crippen LogP contribution < -0.4 is 16.4 Å². The van der Waals surface area contributed by atoms with Gasteiger partial charge in [-0.15, -0.1) is 0 Å². The van der Waals surface area contributed by atoms with Crippen LogP contribution in [0, 0.1) is 13.8 Å². The Labute approximate surface area is 178 Å². The van der Waals surface area contributed by atoms with Crippen LogP contribution in [-0.2, 0) is 7.05 Å². The Hall–Kier alpha value is -4.27. The number of nitrogens with zero attached hydrogens (tertiary/aromatic N) is 4. The molecule has 0 aliphatic carbocycles. The van der Waals surface area contributed by atoms with Gasteiger partial charge in [0.25, 0.3) is 0 Å². The van der Waals surface area contributed by atoms with Crippen LogP contribution in [-0.4, -0.2) is 31.3 Å². The molecule has 4 aromatic rings. The Morgan fingerprint density at radius 2 is 1.90 bits per heavy atom. The number of amides is 2. The molecule has 9 heteroatoms. The van der Waals surface area contributed by atoms with Crippen LogP contribution in [0.2, 0.25) is 0 Å². The number of rotatable bonds is 4. The van der Waals surface area contributed by atoms with Gasteiger partial charge in [-0.2, -0.15) is 0 Å². The number of nitrogens with one attached hydrogen (secondary N) is 2. The first-order valence-corrected chi connectivity index (χ1v) is 9.54. The molecule has 3 aromatic heterocycles. The number of anilines is 3. The Balaban J connectivity index is 1.58. The second kappa shape index (κ2) is 7.86. The largest absolute Gasteiger partial charge is 0.383 e. The van der Waals surface area contributed by atoms with E-state index in [-0.39, 0.29) is 11.6 Å². The Kier molecular flexibility index (Phi) is 5.08. The lowest BCUT2D eigenvalue weighted by molar-refractivity contribution is 0.103. The Morgan fingerprint density at radius 1 is 1.10 bits per heavy atom. The molecule has 0 fully saturated rings. The molecule has 0 saturated carbocycles. The van der Waals surface area contributed by atoms with Crippen molar-refractivity contribution in [3.05, 3.63) is 71.4 Å². The monoisotopic (exact) mass is 415 g/mol. The highest BCUT2D eigenvalue weighted by Gasteiger charge is 2.20. The van der Waals surface area contributed by atoms with Crippen LogP contribution in [0.4, 0.5) is 22.0 Å². The second-order valence-corrected chi connectivity index (χ2v) is 7.23. The molecule has 1 aromatic carbocycles. The Morgan fingerprint density at radius 3 is 2.71 bits per heavy atom. The third-order valence-electron chi connectivity index (χ3n) is 5.14. The zero-order valence-electron chi connectivity index (χ0n) is 17.3. The number of carbonyl (C=O) groups is 2. The predicted molar refractivity (Wildman–Crippen MR) is 119 cm³/mol. The summed E-state index contributed by atoms with van der Waals surface area (Å²) < 4.78 is 1.72. The fraction of sp³-hybridized carbons (Fsp3) is 0.136. The molecule has 2 amide bonds. The number of pyridine rings is 1. The van der Waals surface area contributed by atoms with E-state index in [4.69, 9.17) is 5.73 Å². The normalized spacial score (nSPS) is 10.8. The molecule has 0 aliphatic heterocycles. The molecule has 156 valence electrons. The summed E-state index contributed by atoms with van der Waals surface area (Å²) in [6.45, 7) is 3.91. The fourth-order valence-electron chi connectivity index (χ4n) is 3.37. The number of carbonyl (C=O) groups excluding carboxylic acids is 2. The minimum Gasteiger partial charge on any atom is -0.383 e. The van der Waals surface area contributed by atoms with Gasteiger partial charge in [0, 0.05) is 30.7 Å². The van der Waals surface area contributed by atoms with Crippen LogP contribution in [0.15, 0.2) is 49.2 Å². The van der Waals surface area contributed by atoms with Gasteiger partial charge in [-0.25, -0.2) is 14.8 Å². The van der Waals surface area contributed by atoms with Crippen LogP contribution in [0.3, 0.4) is 0 Å². The van der Waals surface area contributed by atoms with Crippen LogP contribution >= 0.6 is 0 Å². The van der Waals surface area contributed by atoms with Gasteiger partial charge in [-0.05, 0) is 37.1 Å². The van der Waals surface area contributed by atoms with E-state index in [1.807, 2.05) is 32.0 Å². The van der Waals surface area contributed by atoms with E-state index < -0.39 is 6.03 Å². The summed E-state index contributed by atoms with van der Waals surface area (Å²) >= 11 is 0. The van der Waals surface area contributed by atoms with Crippen molar-refractivity contribution in [3.8, 4) is 0 Å². The van der Waals surface area contributed by atoms with Crippen molar-refractivity contribution < 1.29 is 9.59 Å². The average Bonchev–Trinajstić information content (AvgIpc) is 3.09. The molecule has 4 rings (SSSR count). The summed E-state index contributed by atoms with van der Waals surface area (Å²) in [5.74, 6) is -0.0673. The second-order valence-electron chi connectivity index (χ2n) is 7.23. The number of hydrogen-bond donors (Lipinski definition) is 3. The van der Waals surface area contributed by atoms with Crippen molar-refractivity contribution in [1.82, 2.24) is 19.5 Å². The number of benzene rings is 1. The summed E-state index contributed by atoms with van der Waals surface area (Å²) in [5.41, 5.74) is 10.4. The number of aromatic nitrogens is 4. The summed E-state index contributed by atoms with van der Waals surface area (Å²) in [4.78, 5) is 37.9. The third-order valence-corrected chi connectivity index (χ3v) is 5.14. The first-order chi connectivity index (χ1) is 14.8. The van der Waals surface area contributed by atoms with E-state index in [1.165, 1.54) is 18.7 Å². The lowest BCUT2D eigenvalue weighted by Gasteiger charge is -2.11. The summed E-state index contributed by atoms with van der Waals surface area (Å²) in [6.07, 6.45) is 5.92. The molecule has 0 saturated heterocycles. The van der Waals surface area contributed by atoms with E-state index in [1.54, 1.807) is 23.9 Å². The predicted octanol–water partition coefficient (Wildman–Crippen LogP) is 3.44. The molecule has 0 bridgehead atoms. The van der Waals surface area contributed by atoms with Gasteiger partial charge in [0.2, 0.25) is 0 Å². The molecule has 0 atom stereocenters. The van der Waals surface area contributed by atoms with Gasteiger partial charge in [-0.3, -0.25) is 9.78 Å². The van der Waals surface area contributed by atoms with E-state index in [2.05, 4.69) is 25.6 Å². The molecule has 9 nitrogen and oxygen atoms in total. The van der Waals surface area contributed by atoms with Gasteiger partial charge >= 0.3 is 6.03 Å². The molecule has 3 heterocycles. The van der Waals surface area contributed by atoms with Gasteiger partial charge < -0.3 is 20.9 Å². The van der Waals surface area contributed by atoms with E-state index in [0.29, 0.717) is 33.5 Å². The highest BCUT2D eigenvalue weighted by molar-refractivity contribution is 6.18. The smallest absolute Gasteiger partial charge is 0.323 e. The maximum absolute atomic E-state index is 13.1. The maximum Gasteiger partial charge on any atom is 0.323 e. The average molecular weight is 415 g/mol. The standard InChI is InChI=1S/C22H21N7O2/c1-12-5-4-6-17(13(12)2)28-22(31)27-15-7-14(8-24-9-15)19(30)16-10-29(3)21-18(16)20(23)25-11-26-21/h4-11H,1-3H3,(H2,23,25,26)(H2,27,28,31). The van der Waals surface area contributed by atoms with Crippen molar-refractivity contribution in [2.45, 2.75) is 13.8 Å². The third kappa shape index (κ3) is 3.80. The number of hydrogen-bond acceptors (Lipinski definition) is 6. The van der Waals surface area contributed by atoms with Gasteiger partial charge in [0.15, 0.2) is 5.78 Å². The zero-order chi connectivity index (χ0) is 22.1. The van der Waals surface area contributed by atoms with Crippen LogP contribution in [0.5, 0.6) is 0 Å². The summed E-state index contributed by atoms with van der Waals surface area (Å²) in [5, 5.41) is 6.02. The minimum atomic E-state index is -0.428. The molecule has 31 heavy (non-hydrogen) atoms. The van der Waals surface area contributed by atoms with Crippen molar-refractivity contribution in [3.63, 3.8) is 0 Å². The highest BCUT2D eigenvalue weighted by Crippen LogP contribution is 2.26. The first-order valence-electron chi connectivity index (χ1n) is 9.54. The molecular weight excluding hydrogens is 394 g/mol. The molecular formula is C22H21N7O2. The van der Waals surface area contributed by atoms with Crippen molar-refractivity contribution >= 4 is 40.0 Å². The minimum absolute atomic E-state index is 0.226. The van der Waals surface area contributed by atoms with Crippen molar-refractivity contribution in [2.75, 3.05) is 16.4 Å². The number of nitrogen functional groups attached to an aromatic ring is 1. The molecule has 0 unspecified atom stereocenters. The topological polar surface area (TPSA) is 128 Å². The SMILES string of the molecule is Cc1cccc(NC(=O)Nc2cncc(C(=O)c3cn(C)c4ncnc(N)c34)c2)c1C. The molecule has 0 spiro atoms. The Bertz CT molecular complexity index is 1330. The van der Waals surface area contributed by atoms with E-state index >= 15 is 0 Å². The lowest BCUT2D eigenvalue weighted by Crippen LogP contribution is -2.20. The zero-order valence-corrected chi connectivity index (χ0v) is 17.3. The number of fused-ring (bicyclic) bond motifs is 1. The number of nitrogens with two attached hydrogens (primary N) is 1. The van der Waals surface area contributed by atoms with Gasteiger partial charge in [-0.1, -0.05) is 12.1 Å². The summed E-state index contributed by atoms with van der Waals surface area (Å²) in [7, 11) is 1.78. The van der Waals surface area contributed by atoms with Crippen LogP contribution in [0.25, 0.3) is 11.0 Å². The summed E-state index contributed by atoms with van der Waals surface area (Å²) in [6, 6.07) is 6.81. The van der Waals surface area contributed by atoms with Crippen LogP contribution in [0.1, 0.15) is 27.0 Å². The van der Waals surface area contributed by atoms with Gasteiger partial charge in [0.05, 0.1) is 22.8 Å². The highest BCUT2D eigenvalue weighted by atomic mass is 16.2. The first kappa shape index (κ1) is 20.0. The lowest BCUT2D eigenvalue weighted by atomic mass is 10.1. The number of urea groups is 1. The van der Waals surface area contributed by atoms with E-state index in [9.17, 15) is 9.59 Å². The molecule has 0 radical (unpaired) electrons. The number of ketones is 1. The molecule has 4 N–H and O–H groups in total. The van der Waals surface area contributed by atoms with E-state index in [0.717, 1.165) is 11.1 Å². The van der Waals surface area contributed by atoms with Crippen molar-refractivity contribution in [1.29, 1.82) is 0 Å². The molecule has 0 aliphatic rings. The maximum atomic E-state index is 13.1. The van der Waals surface area contributed by atoms with Crippen molar-refractivity contribution in [2.24, 2.45) is 7.05 Å². The van der Waals surface area contributed by atoms with Gasteiger partial charge in [0.1, 0.15) is 17.8 Å².